The van der Waals surface area contributed by atoms with Crippen LogP contribution in [0, 0.1) is 0 Å². The molecule has 1 atom stereocenters. The number of ether oxygens (including phenoxy) is 2. The number of rotatable bonds is 4. The van der Waals surface area contributed by atoms with Crippen molar-refractivity contribution in [1.29, 1.82) is 0 Å². The minimum atomic E-state index is -0.329. The van der Waals surface area contributed by atoms with Crippen LogP contribution in [-0.2, 0) is 9.47 Å². The highest BCUT2D eigenvalue weighted by Gasteiger charge is 2.46. The predicted molar refractivity (Wildman–Crippen MR) is 82.3 cm³/mol. The summed E-state index contributed by atoms with van der Waals surface area (Å²) in [4.78, 5) is 12.0. The lowest BCUT2D eigenvalue weighted by molar-refractivity contribution is -0.0690. The first-order valence-electron chi connectivity index (χ1n) is 7.79. The van der Waals surface area contributed by atoms with E-state index in [1.54, 1.807) is 0 Å². The van der Waals surface area contributed by atoms with E-state index in [4.69, 9.17) is 9.47 Å². The SMILES string of the molecule is CC1(C)C[C@H](NC(=O)NCCC2=CCOCC2)C(C)(C)O1. The number of urea groups is 1. The van der Waals surface area contributed by atoms with Crippen molar-refractivity contribution in [2.75, 3.05) is 19.8 Å². The minimum absolute atomic E-state index is 0.0368. The lowest BCUT2D eigenvalue weighted by Gasteiger charge is -2.27. The Labute approximate surface area is 127 Å². The zero-order valence-corrected chi connectivity index (χ0v) is 13.6. The molecule has 0 aliphatic carbocycles. The molecule has 0 unspecified atom stereocenters. The van der Waals surface area contributed by atoms with Crippen molar-refractivity contribution in [3.8, 4) is 0 Å². The van der Waals surface area contributed by atoms with Gasteiger partial charge in [0.25, 0.3) is 0 Å². The summed E-state index contributed by atoms with van der Waals surface area (Å²) in [5.41, 5.74) is 0.852. The number of hydrogen-bond acceptors (Lipinski definition) is 3. The third-order valence-electron chi connectivity index (χ3n) is 4.17. The molecule has 0 aromatic rings. The van der Waals surface area contributed by atoms with Crippen molar-refractivity contribution in [1.82, 2.24) is 10.6 Å². The summed E-state index contributed by atoms with van der Waals surface area (Å²) in [6.07, 6.45) is 4.81. The van der Waals surface area contributed by atoms with Crippen LogP contribution in [0.2, 0.25) is 0 Å². The average molecular weight is 296 g/mol. The maximum atomic E-state index is 12.0. The monoisotopic (exact) mass is 296 g/mol. The van der Waals surface area contributed by atoms with E-state index in [1.807, 2.05) is 13.8 Å². The number of hydrogen-bond donors (Lipinski definition) is 2. The van der Waals surface area contributed by atoms with Crippen molar-refractivity contribution in [3.05, 3.63) is 11.6 Å². The van der Waals surface area contributed by atoms with E-state index in [0.717, 1.165) is 25.9 Å². The van der Waals surface area contributed by atoms with Gasteiger partial charge in [0, 0.05) is 6.54 Å². The Morgan fingerprint density at radius 1 is 1.38 bits per heavy atom. The molecule has 2 N–H and O–H groups in total. The summed E-state index contributed by atoms with van der Waals surface area (Å²) in [6.45, 7) is 10.3. The van der Waals surface area contributed by atoms with E-state index in [9.17, 15) is 4.79 Å². The van der Waals surface area contributed by atoms with Crippen LogP contribution in [0.4, 0.5) is 4.79 Å². The second kappa shape index (κ2) is 6.36. The quantitative estimate of drug-likeness (QED) is 0.783. The van der Waals surface area contributed by atoms with Gasteiger partial charge in [0.2, 0.25) is 0 Å². The molecule has 120 valence electrons. The van der Waals surface area contributed by atoms with Gasteiger partial charge >= 0.3 is 6.03 Å². The highest BCUT2D eigenvalue weighted by atomic mass is 16.5. The molecule has 1 saturated heterocycles. The average Bonchev–Trinajstić information content (AvgIpc) is 2.58. The smallest absolute Gasteiger partial charge is 0.315 e. The van der Waals surface area contributed by atoms with E-state index in [2.05, 4.69) is 30.6 Å². The fraction of sp³-hybridized carbons (Fsp3) is 0.812. The molecule has 5 nitrogen and oxygen atoms in total. The van der Waals surface area contributed by atoms with Gasteiger partial charge in [-0.15, -0.1) is 0 Å². The van der Waals surface area contributed by atoms with Crippen molar-refractivity contribution in [2.45, 2.75) is 64.2 Å². The number of nitrogens with one attached hydrogen (secondary N) is 2. The summed E-state index contributed by atoms with van der Waals surface area (Å²) in [6, 6.07) is -0.0724. The number of carbonyl (C=O) groups excluding carboxylic acids is 1. The van der Waals surface area contributed by atoms with Gasteiger partial charge in [-0.25, -0.2) is 4.79 Å². The molecule has 2 rings (SSSR count). The number of amides is 2. The summed E-state index contributed by atoms with van der Waals surface area (Å²) in [7, 11) is 0. The van der Waals surface area contributed by atoms with Crippen molar-refractivity contribution < 1.29 is 14.3 Å². The highest BCUT2D eigenvalue weighted by molar-refractivity contribution is 5.74. The number of carbonyl (C=O) groups is 1. The largest absolute Gasteiger partial charge is 0.377 e. The first-order chi connectivity index (χ1) is 9.78. The molecule has 2 amide bonds. The molecular weight excluding hydrogens is 268 g/mol. The Bertz CT molecular complexity index is 416. The fourth-order valence-electron chi connectivity index (χ4n) is 3.13. The third-order valence-corrected chi connectivity index (χ3v) is 4.17. The molecule has 1 fully saturated rings. The normalized spacial score (nSPS) is 27.0. The van der Waals surface area contributed by atoms with Crippen LogP contribution in [0.3, 0.4) is 0 Å². The topological polar surface area (TPSA) is 59.6 Å². The zero-order chi connectivity index (χ0) is 15.5. The molecular formula is C16H28N2O3. The van der Waals surface area contributed by atoms with Gasteiger partial charge in [-0.3, -0.25) is 0 Å². The van der Waals surface area contributed by atoms with Crippen LogP contribution < -0.4 is 10.6 Å². The minimum Gasteiger partial charge on any atom is -0.377 e. The molecule has 0 spiro atoms. The Morgan fingerprint density at radius 3 is 2.71 bits per heavy atom. The van der Waals surface area contributed by atoms with Crippen LogP contribution in [0.5, 0.6) is 0 Å². The lowest BCUT2D eigenvalue weighted by Crippen LogP contribution is -2.49. The maximum Gasteiger partial charge on any atom is 0.315 e. The predicted octanol–water partition coefficient (Wildman–Crippen LogP) is 2.37. The van der Waals surface area contributed by atoms with Gasteiger partial charge in [0.1, 0.15) is 0 Å². The summed E-state index contributed by atoms with van der Waals surface area (Å²) in [5.74, 6) is 0. The highest BCUT2D eigenvalue weighted by Crippen LogP contribution is 2.37. The first kappa shape index (κ1) is 16.3. The second-order valence-electron chi connectivity index (χ2n) is 7.06. The van der Waals surface area contributed by atoms with Gasteiger partial charge < -0.3 is 20.1 Å². The van der Waals surface area contributed by atoms with Crippen molar-refractivity contribution in [2.24, 2.45) is 0 Å². The van der Waals surface area contributed by atoms with Crippen LogP contribution >= 0.6 is 0 Å². The van der Waals surface area contributed by atoms with E-state index >= 15 is 0 Å². The summed E-state index contributed by atoms with van der Waals surface area (Å²) >= 11 is 0. The Hall–Kier alpha value is -1.07. The van der Waals surface area contributed by atoms with Crippen LogP contribution in [0.25, 0.3) is 0 Å². The lowest BCUT2D eigenvalue weighted by atomic mass is 9.95. The molecule has 2 aliphatic rings. The molecule has 0 saturated carbocycles. The maximum absolute atomic E-state index is 12.0. The Balaban J connectivity index is 1.73. The third kappa shape index (κ3) is 4.71. The van der Waals surface area contributed by atoms with Gasteiger partial charge in [0.05, 0.1) is 30.5 Å². The van der Waals surface area contributed by atoms with Gasteiger partial charge in [0.15, 0.2) is 0 Å². The molecule has 0 radical (unpaired) electrons. The standard InChI is InChI=1S/C16H28N2O3/c1-15(2)11-13(16(3,4)21-15)18-14(19)17-8-5-12-6-9-20-10-7-12/h6,13H,5,7-11H2,1-4H3,(H2,17,18,19)/t13-/m0/s1. The van der Waals surface area contributed by atoms with Crippen LogP contribution in [0.15, 0.2) is 11.6 Å². The van der Waals surface area contributed by atoms with E-state index in [-0.39, 0.29) is 23.3 Å². The molecule has 0 aromatic carbocycles. The van der Waals surface area contributed by atoms with Gasteiger partial charge in [-0.2, -0.15) is 0 Å². The Morgan fingerprint density at radius 2 is 2.14 bits per heavy atom. The van der Waals surface area contributed by atoms with Crippen molar-refractivity contribution in [3.63, 3.8) is 0 Å². The first-order valence-corrected chi connectivity index (χ1v) is 7.79. The second-order valence-corrected chi connectivity index (χ2v) is 7.06. The van der Waals surface area contributed by atoms with Crippen molar-refractivity contribution >= 4 is 6.03 Å². The van der Waals surface area contributed by atoms with E-state index < -0.39 is 0 Å². The molecule has 2 aliphatic heterocycles. The summed E-state index contributed by atoms with van der Waals surface area (Å²) in [5, 5.41) is 5.98. The summed E-state index contributed by atoms with van der Waals surface area (Å²) < 4.78 is 11.3. The van der Waals surface area contributed by atoms with E-state index in [1.165, 1.54) is 5.57 Å². The molecule has 2 heterocycles. The molecule has 0 bridgehead atoms. The van der Waals surface area contributed by atoms with Crippen LogP contribution in [0.1, 0.15) is 47.0 Å². The molecule has 21 heavy (non-hydrogen) atoms. The molecule has 0 aromatic heterocycles. The van der Waals surface area contributed by atoms with Gasteiger partial charge in [-0.05, 0) is 47.0 Å². The van der Waals surface area contributed by atoms with Gasteiger partial charge in [-0.1, -0.05) is 11.6 Å². The molecule has 5 heteroatoms. The van der Waals surface area contributed by atoms with E-state index in [0.29, 0.717) is 13.2 Å². The Kier molecular flexibility index (Phi) is 4.94. The van der Waals surface area contributed by atoms with Crippen LogP contribution in [-0.4, -0.2) is 43.0 Å². The zero-order valence-electron chi connectivity index (χ0n) is 13.6. The fourth-order valence-corrected chi connectivity index (χ4v) is 3.13.